The lowest BCUT2D eigenvalue weighted by Crippen LogP contribution is -2.40. The highest BCUT2D eigenvalue weighted by Crippen LogP contribution is 2.34. The van der Waals surface area contributed by atoms with Gasteiger partial charge in [0.25, 0.3) is 5.56 Å². The van der Waals surface area contributed by atoms with Crippen LogP contribution in [0.2, 0.25) is 5.02 Å². The van der Waals surface area contributed by atoms with Crippen LogP contribution in [-0.2, 0) is 9.53 Å². The molecule has 1 aliphatic rings. The zero-order valence-corrected chi connectivity index (χ0v) is 18.5. The molecule has 0 N–H and O–H groups in total. The Balaban J connectivity index is 1.95. The largest absolute Gasteiger partial charge is 0.463 e. The molecule has 0 unspecified atom stereocenters. The SMILES string of the molecule is CCOC(=O)C1=C(C)N=c2s/c(=C\c3ccc([N+](=O)[O-])o3)c(=O)n2[C@@H]1c1ccccc1Cl. The van der Waals surface area contributed by atoms with Gasteiger partial charge in [0.15, 0.2) is 4.80 Å². The zero-order valence-electron chi connectivity index (χ0n) is 16.9. The van der Waals surface area contributed by atoms with Gasteiger partial charge in [-0.05, 0) is 31.5 Å². The number of ether oxygens (including phenoxy) is 1. The van der Waals surface area contributed by atoms with Gasteiger partial charge in [-0.3, -0.25) is 19.5 Å². The van der Waals surface area contributed by atoms with Crippen molar-refractivity contribution in [2.24, 2.45) is 4.99 Å². The number of aromatic nitrogens is 1. The molecule has 0 fully saturated rings. The van der Waals surface area contributed by atoms with E-state index in [4.69, 9.17) is 20.8 Å². The molecule has 3 aromatic rings. The Morgan fingerprint density at radius 2 is 2.12 bits per heavy atom. The number of fused-ring (bicyclic) bond motifs is 1. The molecule has 0 amide bonds. The van der Waals surface area contributed by atoms with Gasteiger partial charge >= 0.3 is 11.9 Å². The van der Waals surface area contributed by atoms with Crippen molar-refractivity contribution in [1.82, 2.24) is 4.57 Å². The number of esters is 1. The second-order valence-corrected chi connectivity index (χ2v) is 8.17. The number of thiazole rings is 1. The van der Waals surface area contributed by atoms with Crippen LogP contribution in [0.25, 0.3) is 6.08 Å². The van der Waals surface area contributed by atoms with E-state index in [1.54, 1.807) is 38.1 Å². The molecule has 0 spiro atoms. The summed E-state index contributed by atoms with van der Waals surface area (Å²) in [4.78, 5) is 41.2. The third-order valence-electron chi connectivity index (χ3n) is 4.78. The normalized spacial score (nSPS) is 16.0. The molecule has 0 aliphatic carbocycles. The number of nitrogens with zero attached hydrogens (tertiary/aromatic N) is 3. The number of rotatable bonds is 5. The van der Waals surface area contributed by atoms with Crippen molar-refractivity contribution < 1.29 is 18.9 Å². The van der Waals surface area contributed by atoms with Gasteiger partial charge in [0.05, 0.1) is 28.5 Å². The van der Waals surface area contributed by atoms with E-state index in [2.05, 4.69) is 4.99 Å². The van der Waals surface area contributed by atoms with Crippen molar-refractivity contribution in [2.75, 3.05) is 6.61 Å². The highest BCUT2D eigenvalue weighted by molar-refractivity contribution is 7.07. The Morgan fingerprint density at radius 3 is 2.78 bits per heavy atom. The lowest BCUT2D eigenvalue weighted by molar-refractivity contribution is -0.402. The summed E-state index contributed by atoms with van der Waals surface area (Å²) >= 11 is 7.51. The van der Waals surface area contributed by atoms with Crippen LogP contribution in [0.5, 0.6) is 0 Å². The van der Waals surface area contributed by atoms with E-state index >= 15 is 0 Å². The summed E-state index contributed by atoms with van der Waals surface area (Å²) in [7, 11) is 0. The van der Waals surface area contributed by atoms with Crippen molar-refractivity contribution in [3.05, 3.63) is 93.8 Å². The van der Waals surface area contributed by atoms with Crippen molar-refractivity contribution in [1.29, 1.82) is 0 Å². The number of benzene rings is 1. The summed E-state index contributed by atoms with van der Waals surface area (Å²) in [6.07, 6.45) is 1.41. The fraction of sp³-hybridized carbons (Fsp3) is 0.190. The Labute approximate surface area is 189 Å². The number of halogens is 1. The maximum Gasteiger partial charge on any atom is 0.433 e. The number of furan rings is 1. The van der Waals surface area contributed by atoms with E-state index < -0.39 is 28.4 Å². The first kappa shape index (κ1) is 21.7. The second-order valence-electron chi connectivity index (χ2n) is 6.76. The molecule has 0 bridgehead atoms. The molecule has 3 heterocycles. The molecule has 1 atom stereocenters. The fourth-order valence-corrected chi connectivity index (χ4v) is 4.70. The number of nitro groups is 1. The molecule has 0 radical (unpaired) electrons. The van der Waals surface area contributed by atoms with Gasteiger partial charge in [0.2, 0.25) is 0 Å². The van der Waals surface area contributed by atoms with Gasteiger partial charge in [0, 0.05) is 11.1 Å². The Morgan fingerprint density at radius 1 is 1.38 bits per heavy atom. The van der Waals surface area contributed by atoms with Crippen LogP contribution >= 0.6 is 22.9 Å². The summed E-state index contributed by atoms with van der Waals surface area (Å²) in [5.41, 5.74) is 0.738. The number of hydrogen-bond donors (Lipinski definition) is 0. The van der Waals surface area contributed by atoms with E-state index in [-0.39, 0.29) is 22.5 Å². The van der Waals surface area contributed by atoms with Gasteiger partial charge in [-0.25, -0.2) is 9.79 Å². The smallest absolute Gasteiger partial charge is 0.433 e. The van der Waals surface area contributed by atoms with Crippen molar-refractivity contribution in [3.8, 4) is 0 Å². The average molecular weight is 474 g/mol. The number of carbonyl (C=O) groups is 1. The summed E-state index contributed by atoms with van der Waals surface area (Å²) < 4.78 is 12.0. The van der Waals surface area contributed by atoms with Gasteiger partial charge in [0.1, 0.15) is 16.7 Å². The first-order valence-corrected chi connectivity index (χ1v) is 10.7. The molecule has 32 heavy (non-hydrogen) atoms. The molecule has 9 nitrogen and oxygen atoms in total. The third kappa shape index (κ3) is 3.78. The van der Waals surface area contributed by atoms with Crippen molar-refractivity contribution in [2.45, 2.75) is 19.9 Å². The molecule has 0 saturated heterocycles. The van der Waals surface area contributed by atoms with Crippen LogP contribution in [0.3, 0.4) is 0 Å². The first-order valence-electron chi connectivity index (χ1n) is 9.50. The predicted molar refractivity (Wildman–Crippen MR) is 117 cm³/mol. The van der Waals surface area contributed by atoms with Crippen LogP contribution in [-0.4, -0.2) is 22.1 Å². The highest BCUT2D eigenvalue weighted by atomic mass is 35.5. The molecule has 0 saturated carbocycles. The topological polar surface area (TPSA) is 117 Å². The van der Waals surface area contributed by atoms with Gasteiger partial charge < -0.3 is 9.15 Å². The van der Waals surface area contributed by atoms with Crippen LogP contribution in [0.15, 0.2) is 61.9 Å². The second kappa shape index (κ2) is 8.56. The molecular formula is C21H16ClN3O6S. The van der Waals surface area contributed by atoms with Crippen LogP contribution < -0.4 is 14.9 Å². The van der Waals surface area contributed by atoms with E-state index in [9.17, 15) is 19.7 Å². The van der Waals surface area contributed by atoms with Gasteiger partial charge in [-0.1, -0.05) is 41.1 Å². The van der Waals surface area contributed by atoms with Gasteiger partial charge in [-0.15, -0.1) is 0 Å². The quantitative estimate of drug-likeness (QED) is 0.319. The highest BCUT2D eigenvalue weighted by Gasteiger charge is 2.34. The minimum absolute atomic E-state index is 0.151. The van der Waals surface area contributed by atoms with Crippen LogP contribution in [0.1, 0.15) is 31.2 Å². The molecular weight excluding hydrogens is 458 g/mol. The standard InChI is InChI=1S/C21H16ClN3O6S/c1-3-30-20(27)17-11(2)23-21-24(18(17)13-6-4-5-7-14(13)22)19(26)15(32-21)10-12-8-9-16(31-12)25(28)29/h4-10,18H,3H2,1-2H3/b15-10-/t18-/m1/s1. The summed E-state index contributed by atoms with van der Waals surface area (Å²) in [6, 6.07) is 8.68. The minimum atomic E-state index is -0.841. The molecule has 164 valence electrons. The van der Waals surface area contributed by atoms with Crippen LogP contribution in [0, 0.1) is 10.1 Å². The monoisotopic (exact) mass is 473 g/mol. The van der Waals surface area contributed by atoms with Crippen LogP contribution in [0.4, 0.5) is 5.88 Å². The summed E-state index contributed by atoms with van der Waals surface area (Å²) in [5.74, 6) is -0.870. The van der Waals surface area contributed by atoms with E-state index in [0.717, 1.165) is 11.3 Å². The lowest BCUT2D eigenvalue weighted by Gasteiger charge is -2.25. The third-order valence-corrected chi connectivity index (χ3v) is 6.11. The zero-order chi connectivity index (χ0) is 23.0. The molecule has 11 heteroatoms. The maximum atomic E-state index is 13.4. The molecule has 4 rings (SSSR count). The lowest BCUT2D eigenvalue weighted by atomic mass is 9.96. The molecule has 1 aromatic carbocycles. The number of hydrogen-bond acceptors (Lipinski definition) is 8. The first-order chi connectivity index (χ1) is 15.3. The molecule has 1 aliphatic heterocycles. The number of allylic oxidation sites excluding steroid dienone is 1. The van der Waals surface area contributed by atoms with E-state index in [1.165, 1.54) is 22.8 Å². The average Bonchev–Trinajstić information content (AvgIpc) is 3.33. The Bertz CT molecular complexity index is 1450. The maximum absolute atomic E-state index is 13.4. The Hall–Kier alpha value is -3.50. The minimum Gasteiger partial charge on any atom is -0.463 e. The Kier molecular flexibility index (Phi) is 5.81. The predicted octanol–water partition coefficient (Wildman–Crippen LogP) is 2.95. The van der Waals surface area contributed by atoms with E-state index in [0.29, 0.717) is 21.1 Å². The fourth-order valence-electron chi connectivity index (χ4n) is 3.43. The van der Waals surface area contributed by atoms with Gasteiger partial charge in [-0.2, -0.15) is 0 Å². The van der Waals surface area contributed by atoms with E-state index in [1.807, 2.05) is 0 Å². The molecule has 2 aromatic heterocycles. The number of carbonyl (C=O) groups excluding carboxylic acids is 1. The van der Waals surface area contributed by atoms with Crippen molar-refractivity contribution in [3.63, 3.8) is 0 Å². The van der Waals surface area contributed by atoms with Crippen molar-refractivity contribution >= 4 is 40.9 Å². The summed E-state index contributed by atoms with van der Waals surface area (Å²) in [6.45, 7) is 3.52. The summed E-state index contributed by atoms with van der Waals surface area (Å²) in [5, 5.41) is 11.3.